The summed E-state index contributed by atoms with van der Waals surface area (Å²) < 4.78 is 0. The van der Waals surface area contributed by atoms with Gasteiger partial charge in [0.25, 0.3) is 0 Å². The van der Waals surface area contributed by atoms with E-state index in [-0.39, 0.29) is 25.8 Å². The first kappa shape index (κ1) is 10.5. The van der Waals surface area contributed by atoms with E-state index in [9.17, 15) is 0 Å². The van der Waals surface area contributed by atoms with Crippen LogP contribution in [0.1, 0.15) is 0 Å². The van der Waals surface area contributed by atoms with Crippen LogP contribution in [0.25, 0.3) is 21.8 Å². The fraction of sp³-hybridized carbons (Fsp3) is 0. The predicted molar refractivity (Wildman–Crippen MR) is 65.0 cm³/mol. The molecule has 0 aliphatic heterocycles. The quantitative estimate of drug-likeness (QED) is 0.581. The van der Waals surface area contributed by atoms with Crippen molar-refractivity contribution in [3.63, 3.8) is 0 Å². The van der Waals surface area contributed by atoms with Gasteiger partial charge < -0.3 is 0 Å². The Balaban J connectivity index is 0.000000853. The third kappa shape index (κ3) is 1.86. The van der Waals surface area contributed by atoms with Crippen molar-refractivity contribution in [2.75, 3.05) is 0 Å². The molecule has 0 N–H and O–H groups in total. The molecule has 0 aliphatic carbocycles. The third-order valence-corrected chi connectivity index (χ3v) is 2.43. The van der Waals surface area contributed by atoms with Crippen LogP contribution in [0, 0.1) is 0 Å². The first-order chi connectivity index (χ1) is 6.93. The Hall–Kier alpha value is -1.02. The second kappa shape index (κ2) is 4.23. The van der Waals surface area contributed by atoms with Crippen molar-refractivity contribution in [3.8, 4) is 0 Å². The van der Waals surface area contributed by atoms with Crippen LogP contribution in [0.15, 0.2) is 54.6 Å². The molecule has 0 saturated heterocycles. The van der Waals surface area contributed by atoms with Crippen molar-refractivity contribution in [2.45, 2.75) is 0 Å². The molecule has 1 heterocycles. The Morgan fingerprint density at radius 1 is 0.667 bits per heavy atom. The van der Waals surface area contributed by atoms with Crippen LogP contribution >= 0.6 is 0 Å². The molecule has 2 aromatic carbocycles. The first-order valence-electron chi connectivity index (χ1n) is 4.68. The smallest absolute Gasteiger partial charge is 0.0709 e. The molecule has 0 saturated carbocycles. The van der Waals surface area contributed by atoms with Crippen LogP contribution in [0.4, 0.5) is 0 Å². The summed E-state index contributed by atoms with van der Waals surface area (Å²) >= 11 is 0. The maximum absolute atomic E-state index is 4.58. The Morgan fingerprint density at radius 2 is 1.13 bits per heavy atom. The van der Waals surface area contributed by atoms with Gasteiger partial charge in [-0.05, 0) is 18.2 Å². The van der Waals surface area contributed by atoms with E-state index < -0.39 is 0 Å². The largest absolute Gasteiger partial charge is 0.248 e. The van der Waals surface area contributed by atoms with Gasteiger partial charge in [-0.25, -0.2) is 4.98 Å². The van der Waals surface area contributed by atoms with Crippen LogP contribution in [0.2, 0.25) is 0 Å². The molecule has 0 unspecified atom stereocenters. The zero-order valence-electron chi connectivity index (χ0n) is 8.22. The number of nitrogens with zero attached hydrogens (tertiary/aromatic N) is 1. The summed E-state index contributed by atoms with van der Waals surface area (Å²) in [6, 6.07) is 18.6. The third-order valence-electron chi connectivity index (χ3n) is 2.43. The van der Waals surface area contributed by atoms with Gasteiger partial charge in [-0.15, -0.1) is 0 Å². The molecule has 3 rings (SSSR count). The van der Waals surface area contributed by atoms with Gasteiger partial charge in [0.15, 0.2) is 0 Å². The van der Waals surface area contributed by atoms with Crippen molar-refractivity contribution in [1.82, 2.24) is 4.98 Å². The van der Waals surface area contributed by atoms with Crippen molar-refractivity contribution in [3.05, 3.63) is 54.6 Å². The van der Waals surface area contributed by atoms with E-state index in [0.717, 1.165) is 11.0 Å². The fourth-order valence-electron chi connectivity index (χ4n) is 1.72. The summed E-state index contributed by atoms with van der Waals surface area (Å²) in [5.41, 5.74) is 2.12. The zero-order chi connectivity index (χ0) is 9.38. The van der Waals surface area contributed by atoms with Gasteiger partial charge in [0.1, 0.15) is 0 Å². The van der Waals surface area contributed by atoms with Crippen LogP contribution in [0.5, 0.6) is 0 Å². The molecule has 0 atom stereocenters. The molecule has 3 aromatic rings. The Labute approximate surface area is 107 Å². The minimum atomic E-state index is 0. The van der Waals surface area contributed by atoms with Gasteiger partial charge >= 0.3 is 0 Å². The van der Waals surface area contributed by atoms with Gasteiger partial charge in [-0.1, -0.05) is 36.4 Å². The standard InChI is InChI=1S/C13H9N.In/c1-3-7-12-10(5-1)9-11-6-2-4-8-13(11)14-12;/h1-9H;. The molecule has 3 radical (unpaired) electrons. The van der Waals surface area contributed by atoms with Gasteiger partial charge in [0.05, 0.1) is 11.0 Å². The number of hydrogen-bond acceptors (Lipinski definition) is 1. The van der Waals surface area contributed by atoms with E-state index in [0.29, 0.717) is 0 Å². The second-order valence-corrected chi connectivity index (χ2v) is 3.37. The molecule has 0 spiro atoms. The van der Waals surface area contributed by atoms with Crippen molar-refractivity contribution >= 4 is 47.6 Å². The molecule has 1 aromatic heterocycles. The number of aromatic nitrogens is 1. The Morgan fingerprint density at radius 3 is 1.67 bits per heavy atom. The minimum Gasteiger partial charge on any atom is -0.248 e. The number of fused-ring (bicyclic) bond motifs is 2. The predicted octanol–water partition coefficient (Wildman–Crippen LogP) is 3.01. The van der Waals surface area contributed by atoms with E-state index in [1.165, 1.54) is 10.8 Å². The number of benzene rings is 2. The number of pyridine rings is 1. The number of hydrogen-bond donors (Lipinski definition) is 0. The summed E-state index contributed by atoms with van der Waals surface area (Å²) in [5, 5.41) is 2.40. The monoisotopic (exact) mass is 294 g/mol. The Kier molecular flexibility index (Phi) is 2.96. The van der Waals surface area contributed by atoms with Crippen molar-refractivity contribution in [2.24, 2.45) is 0 Å². The van der Waals surface area contributed by atoms with E-state index in [2.05, 4.69) is 23.2 Å². The van der Waals surface area contributed by atoms with Gasteiger partial charge in [0.2, 0.25) is 0 Å². The van der Waals surface area contributed by atoms with Gasteiger partial charge in [0, 0.05) is 36.6 Å². The van der Waals surface area contributed by atoms with Crippen molar-refractivity contribution < 1.29 is 0 Å². The van der Waals surface area contributed by atoms with Gasteiger partial charge in [-0.2, -0.15) is 0 Å². The van der Waals surface area contributed by atoms with Crippen LogP contribution in [0.3, 0.4) is 0 Å². The van der Waals surface area contributed by atoms with Crippen LogP contribution < -0.4 is 0 Å². The molecule has 15 heavy (non-hydrogen) atoms. The van der Waals surface area contributed by atoms with E-state index in [1.54, 1.807) is 0 Å². The summed E-state index contributed by atoms with van der Waals surface area (Å²) in [7, 11) is 0. The van der Waals surface area contributed by atoms with Crippen molar-refractivity contribution in [1.29, 1.82) is 0 Å². The maximum Gasteiger partial charge on any atom is 0.0709 e. The average Bonchev–Trinajstić information content (AvgIpc) is 2.26. The summed E-state index contributed by atoms with van der Waals surface area (Å²) in [4.78, 5) is 4.58. The Bertz CT molecular complexity index is 499. The molecule has 0 aliphatic rings. The molecule has 0 bridgehead atoms. The molecule has 0 amide bonds. The molecular weight excluding hydrogens is 285 g/mol. The maximum atomic E-state index is 4.58. The van der Waals surface area contributed by atoms with Gasteiger partial charge in [-0.3, -0.25) is 0 Å². The average molecular weight is 294 g/mol. The molecule has 2 heteroatoms. The topological polar surface area (TPSA) is 12.9 Å². The second-order valence-electron chi connectivity index (χ2n) is 3.37. The first-order valence-corrected chi connectivity index (χ1v) is 4.68. The summed E-state index contributed by atoms with van der Waals surface area (Å²) in [6.45, 7) is 0. The van der Waals surface area contributed by atoms with E-state index in [1.807, 2.05) is 36.4 Å². The number of rotatable bonds is 0. The van der Waals surface area contributed by atoms with E-state index in [4.69, 9.17) is 0 Å². The van der Waals surface area contributed by atoms with Crippen LogP contribution in [-0.4, -0.2) is 30.8 Å². The molecule has 1 nitrogen and oxygen atoms in total. The fourth-order valence-corrected chi connectivity index (χ4v) is 1.72. The number of para-hydroxylation sites is 2. The molecular formula is C13H9InN. The molecule has 69 valence electrons. The minimum absolute atomic E-state index is 0. The summed E-state index contributed by atoms with van der Waals surface area (Å²) in [6.07, 6.45) is 0. The summed E-state index contributed by atoms with van der Waals surface area (Å²) in [5.74, 6) is 0. The normalized spacial score (nSPS) is 10.1. The van der Waals surface area contributed by atoms with Crippen LogP contribution in [-0.2, 0) is 0 Å². The van der Waals surface area contributed by atoms with E-state index >= 15 is 0 Å². The molecule has 0 fully saturated rings. The SMILES string of the molecule is [In].c1ccc2nc3ccccc3cc2c1. The zero-order valence-corrected chi connectivity index (χ0v) is 11.5.